The zero-order valence-electron chi connectivity index (χ0n) is 13.8. The first-order valence-corrected chi connectivity index (χ1v) is 8.18. The molecule has 0 heterocycles. The number of alkyl halides is 3. The molecule has 0 aromatic heterocycles. The van der Waals surface area contributed by atoms with Gasteiger partial charge in [-0.2, -0.15) is 13.2 Å². The first-order chi connectivity index (χ1) is 12.3. The fraction of sp³-hybridized carbons (Fsp3) is 0.263. The van der Waals surface area contributed by atoms with Gasteiger partial charge in [0.05, 0.1) is 12.0 Å². The average Bonchev–Trinajstić information content (AvgIpc) is 3.41. The van der Waals surface area contributed by atoms with Crippen LogP contribution in [0.2, 0.25) is 0 Å². The molecule has 0 atom stereocenters. The standard InChI is InChI=1S/C19H17F3N2O2/c20-19(21,22)14-5-1-12(2-6-14)11-17(25)23-15-7-9-16(10-8-15)24-18(26)13-3-4-13/h1-2,5-10,13H,3-4,11H2,(H,23,25)(H,24,26). The van der Waals surface area contributed by atoms with E-state index in [1.165, 1.54) is 12.1 Å². The van der Waals surface area contributed by atoms with Crippen molar-refractivity contribution in [2.45, 2.75) is 25.4 Å². The Morgan fingerprint density at radius 3 is 1.92 bits per heavy atom. The summed E-state index contributed by atoms with van der Waals surface area (Å²) in [5.41, 5.74) is 0.947. The first-order valence-electron chi connectivity index (χ1n) is 8.18. The maximum Gasteiger partial charge on any atom is 0.416 e. The molecule has 0 unspecified atom stereocenters. The van der Waals surface area contributed by atoms with E-state index < -0.39 is 11.7 Å². The Morgan fingerprint density at radius 2 is 1.42 bits per heavy atom. The Labute approximate surface area is 148 Å². The van der Waals surface area contributed by atoms with Crippen molar-refractivity contribution in [2.24, 2.45) is 5.92 Å². The minimum atomic E-state index is -4.39. The number of carbonyl (C=O) groups excluding carboxylic acids is 2. The van der Waals surface area contributed by atoms with Gasteiger partial charge in [0, 0.05) is 17.3 Å². The van der Waals surface area contributed by atoms with Gasteiger partial charge in [0.25, 0.3) is 0 Å². The van der Waals surface area contributed by atoms with Crippen LogP contribution in [0, 0.1) is 5.92 Å². The van der Waals surface area contributed by atoms with Crippen LogP contribution in [0.4, 0.5) is 24.5 Å². The van der Waals surface area contributed by atoms with E-state index in [9.17, 15) is 22.8 Å². The lowest BCUT2D eigenvalue weighted by molar-refractivity contribution is -0.137. The van der Waals surface area contributed by atoms with Crippen molar-refractivity contribution in [3.05, 3.63) is 59.7 Å². The molecule has 1 fully saturated rings. The Kier molecular flexibility index (Phi) is 4.97. The summed E-state index contributed by atoms with van der Waals surface area (Å²) in [4.78, 5) is 23.7. The molecule has 0 saturated heterocycles. The number of hydrogen-bond donors (Lipinski definition) is 2. The number of rotatable bonds is 5. The van der Waals surface area contributed by atoms with Gasteiger partial charge in [0.2, 0.25) is 11.8 Å². The zero-order valence-corrected chi connectivity index (χ0v) is 13.8. The molecule has 0 bridgehead atoms. The van der Waals surface area contributed by atoms with Crippen molar-refractivity contribution < 1.29 is 22.8 Å². The molecule has 26 heavy (non-hydrogen) atoms. The second-order valence-electron chi connectivity index (χ2n) is 6.26. The fourth-order valence-electron chi connectivity index (χ4n) is 2.43. The summed E-state index contributed by atoms with van der Waals surface area (Å²) in [7, 11) is 0. The third-order valence-corrected chi connectivity index (χ3v) is 4.03. The Balaban J connectivity index is 1.53. The molecule has 2 N–H and O–H groups in total. The average molecular weight is 362 g/mol. The molecule has 1 saturated carbocycles. The highest BCUT2D eigenvalue weighted by Gasteiger charge is 2.30. The van der Waals surface area contributed by atoms with Crippen LogP contribution in [0.15, 0.2) is 48.5 Å². The number of nitrogens with one attached hydrogen (secondary N) is 2. The van der Waals surface area contributed by atoms with Crippen molar-refractivity contribution in [1.29, 1.82) is 0 Å². The molecule has 1 aliphatic carbocycles. The SMILES string of the molecule is O=C(Cc1ccc(C(F)(F)F)cc1)Nc1ccc(NC(=O)C2CC2)cc1. The second-order valence-corrected chi connectivity index (χ2v) is 6.26. The molecule has 3 rings (SSSR count). The number of anilines is 2. The van der Waals surface area contributed by atoms with Crippen LogP contribution in [-0.4, -0.2) is 11.8 Å². The molecular weight excluding hydrogens is 345 g/mol. The first kappa shape index (κ1) is 18.0. The van der Waals surface area contributed by atoms with E-state index in [1.807, 2.05) is 0 Å². The summed E-state index contributed by atoms with van der Waals surface area (Å²) >= 11 is 0. The lowest BCUT2D eigenvalue weighted by Crippen LogP contribution is -2.15. The molecular formula is C19H17F3N2O2. The van der Waals surface area contributed by atoms with E-state index in [1.54, 1.807) is 24.3 Å². The smallest absolute Gasteiger partial charge is 0.326 e. The molecule has 4 nitrogen and oxygen atoms in total. The van der Waals surface area contributed by atoms with Crippen LogP contribution in [0.3, 0.4) is 0 Å². The van der Waals surface area contributed by atoms with Crippen molar-refractivity contribution >= 4 is 23.2 Å². The molecule has 0 aliphatic heterocycles. The van der Waals surface area contributed by atoms with E-state index in [-0.39, 0.29) is 24.2 Å². The number of amides is 2. The molecule has 136 valence electrons. The molecule has 2 aromatic rings. The predicted molar refractivity (Wildman–Crippen MR) is 91.6 cm³/mol. The van der Waals surface area contributed by atoms with Crippen LogP contribution < -0.4 is 10.6 Å². The van der Waals surface area contributed by atoms with Crippen molar-refractivity contribution in [3.63, 3.8) is 0 Å². The summed E-state index contributed by atoms with van der Waals surface area (Å²) in [5.74, 6) is -0.221. The number of carbonyl (C=O) groups is 2. The lowest BCUT2D eigenvalue weighted by Gasteiger charge is -2.09. The van der Waals surface area contributed by atoms with Crippen LogP contribution >= 0.6 is 0 Å². The zero-order chi connectivity index (χ0) is 18.7. The molecule has 7 heteroatoms. The Morgan fingerprint density at radius 1 is 0.885 bits per heavy atom. The van der Waals surface area contributed by atoms with Gasteiger partial charge < -0.3 is 10.6 Å². The Bertz CT molecular complexity index is 795. The van der Waals surface area contributed by atoms with Crippen molar-refractivity contribution in [1.82, 2.24) is 0 Å². The largest absolute Gasteiger partial charge is 0.416 e. The van der Waals surface area contributed by atoms with Crippen LogP contribution in [0.1, 0.15) is 24.0 Å². The topological polar surface area (TPSA) is 58.2 Å². The lowest BCUT2D eigenvalue weighted by atomic mass is 10.1. The highest BCUT2D eigenvalue weighted by atomic mass is 19.4. The van der Waals surface area contributed by atoms with Gasteiger partial charge in [-0.25, -0.2) is 0 Å². The molecule has 0 spiro atoms. The van der Waals surface area contributed by atoms with Crippen LogP contribution in [-0.2, 0) is 22.2 Å². The highest BCUT2D eigenvalue weighted by molar-refractivity contribution is 5.95. The van der Waals surface area contributed by atoms with Crippen LogP contribution in [0.25, 0.3) is 0 Å². The van der Waals surface area contributed by atoms with Gasteiger partial charge in [-0.3, -0.25) is 9.59 Å². The molecule has 2 aromatic carbocycles. The summed E-state index contributed by atoms with van der Waals surface area (Å²) in [6, 6.07) is 11.2. The molecule has 1 aliphatic rings. The van der Waals surface area contributed by atoms with Crippen molar-refractivity contribution in [2.75, 3.05) is 10.6 Å². The minimum Gasteiger partial charge on any atom is -0.326 e. The van der Waals surface area contributed by atoms with Crippen LogP contribution in [0.5, 0.6) is 0 Å². The second kappa shape index (κ2) is 7.19. The van der Waals surface area contributed by atoms with Crippen molar-refractivity contribution in [3.8, 4) is 0 Å². The summed E-state index contributed by atoms with van der Waals surface area (Å²) in [6.07, 6.45) is -2.58. The molecule has 0 radical (unpaired) electrons. The highest BCUT2D eigenvalue weighted by Crippen LogP contribution is 2.30. The quantitative estimate of drug-likeness (QED) is 0.836. The van der Waals surface area contributed by atoms with Gasteiger partial charge in [0.15, 0.2) is 0 Å². The number of hydrogen-bond acceptors (Lipinski definition) is 2. The van der Waals surface area contributed by atoms with E-state index in [2.05, 4.69) is 10.6 Å². The predicted octanol–water partition coefficient (Wildman–Crippen LogP) is 4.24. The number of halogens is 3. The van der Waals surface area contributed by atoms with E-state index in [0.717, 1.165) is 25.0 Å². The summed E-state index contributed by atoms with van der Waals surface area (Å²) in [6.45, 7) is 0. The minimum absolute atomic E-state index is 0.00379. The van der Waals surface area contributed by atoms with Gasteiger partial charge in [-0.05, 0) is 54.8 Å². The van der Waals surface area contributed by atoms with Gasteiger partial charge >= 0.3 is 6.18 Å². The maximum atomic E-state index is 12.5. The van der Waals surface area contributed by atoms with E-state index in [0.29, 0.717) is 16.9 Å². The van der Waals surface area contributed by atoms with Gasteiger partial charge in [-0.15, -0.1) is 0 Å². The third-order valence-electron chi connectivity index (χ3n) is 4.03. The monoisotopic (exact) mass is 362 g/mol. The normalized spacial score (nSPS) is 14.0. The summed E-state index contributed by atoms with van der Waals surface area (Å²) < 4.78 is 37.6. The van der Waals surface area contributed by atoms with Gasteiger partial charge in [0.1, 0.15) is 0 Å². The summed E-state index contributed by atoms with van der Waals surface area (Å²) in [5, 5.41) is 5.48. The number of benzene rings is 2. The van der Waals surface area contributed by atoms with E-state index >= 15 is 0 Å². The third kappa shape index (κ3) is 4.84. The Hall–Kier alpha value is -2.83. The maximum absolute atomic E-state index is 12.5. The van der Waals surface area contributed by atoms with E-state index in [4.69, 9.17) is 0 Å². The van der Waals surface area contributed by atoms with Gasteiger partial charge in [-0.1, -0.05) is 12.1 Å². The fourth-order valence-corrected chi connectivity index (χ4v) is 2.43. The molecule has 2 amide bonds.